The highest BCUT2D eigenvalue weighted by Gasteiger charge is 2.24. The van der Waals surface area contributed by atoms with Gasteiger partial charge in [0.2, 0.25) is 0 Å². The maximum Gasteiger partial charge on any atom is 0.306 e. The highest BCUT2D eigenvalue weighted by Crippen LogP contribution is 2.30. The van der Waals surface area contributed by atoms with E-state index in [1.807, 2.05) is 25.1 Å². The minimum atomic E-state index is -0.0941. The molecule has 110 valence electrons. The second-order valence-corrected chi connectivity index (χ2v) is 5.02. The average molecular weight is 278 g/mol. The molecule has 0 aromatic heterocycles. The van der Waals surface area contributed by atoms with Gasteiger partial charge >= 0.3 is 5.97 Å². The molecule has 1 atom stereocenters. The van der Waals surface area contributed by atoms with Gasteiger partial charge in [0.15, 0.2) is 11.5 Å². The SMILES string of the molecule is CCCOc1cc(C[C@H]2COC(=O)C2)ccc1OCC. The normalized spacial score (nSPS) is 17.9. The molecule has 0 bridgehead atoms. The molecule has 0 unspecified atom stereocenters. The Morgan fingerprint density at radius 1 is 1.25 bits per heavy atom. The topological polar surface area (TPSA) is 44.8 Å². The number of benzene rings is 1. The fourth-order valence-corrected chi connectivity index (χ4v) is 2.31. The third kappa shape index (κ3) is 3.89. The Labute approximate surface area is 120 Å². The Morgan fingerprint density at radius 3 is 2.75 bits per heavy atom. The van der Waals surface area contributed by atoms with Crippen LogP contribution in [0.25, 0.3) is 0 Å². The van der Waals surface area contributed by atoms with Crippen molar-refractivity contribution in [1.29, 1.82) is 0 Å². The Bertz CT molecular complexity index is 456. The van der Waals surface area contributed by atoms with Crippen molar-refractivity contribution < 1.29 is 19.0 Å². The van der Waals surface area contributed by atoms with Crippen LogP contribution in [0.4, 0.5) is 0 Å². The Hall–Kier alpha value is -1.71. The fourth-order valence-electron chi connectivity index (χ4n) is 2.31. The number of esters is 1. The molecule has 0 aliphatic carbocycles. The number of cyclic esters (lactones) is 1. The summed E-state index contributed by atoms with van der Waals surface area (Å²) in [5, 5.41) is 0. The van der Waals surface area contributed by atoms with Crippen LogP contribution in [0.2, 0.25) is 0 Å². The van der Waals surface area contributed by atoms with Gasteiger partial charge in [0, 0.05) is 5.92 Å². The van der Waals surface area contributed by atoms with Gasteiger partial charge in [-0.25, -0.2) is 0 Å². The maximum absolute atomic E-state index is 11.1. The molecule has 20 heavy (non-hydrogen) atoms. The van der Waals surface area contributed by atoms with Crippen LogP contribution in [0.15, 0.2) is 18.2 Å². The number of carbonyl (C=O) groups excluding carboxylic acids is 1. The number of carbonyl (C=O) groups is 1. The van der Waals surface area contributed by atoms with Crippen LogP contribution >= 0.6 is 0 Å². The van der Waals surface area contributed by atoms with Crippen molar-refractivity contribution in [2.24, 2.45) is 5.92 Å². The van der Waals surface area contributed by atoms with Crippen molar-refractivity contribution in [3.05, 3.63) is 23.8 Å². The van der Waals surface area contributed by atoms with E-state index in [9.17, 15) is 4.79 Å². The molecule has 4 nitrogen and oxygen atoms in total. The number of hydrogen-bond donors (Lipinski definition) is 0. The molecule has 1 aromatic carbocycles. The van der Waals surface area contributed by atoms with Crippen molar-refractivity contribution >= 4 is 5.97 Å². The van der Waals surface area contributed by atoms with Crippen molar-refractivity contribution in [3.63, 3.8) is 0 Å². The number of ether oxygens (including phenoxy) is 3. The highest BCUT2D eigenvalue weighted by molar-refractivity contribution is 5.71. The molecule has 0 amide bonds. The summed E-state index contributed by atoms with van der Waals surface area (Å²) in [5.41, 5.74) is 1.16. The second-order valence-electron chi connectivity index (χ2n) is 5.02. The van der Waals surface area contributed by atoms with Gasteiger partial charge in [0.1, 0.15) is 0 Å². The first-order chi connectivity index (χ1) is 9.72. The molecule has 1 saturated heterocycles. The van der Waals surface area contributed by atoms with E-state index in [0.29, 0.717) is 26.2 Å². The van der Waals surface area contributed by atoms with E-state index in [0.717, 1.165) is 29.9 Å². The quantitative estimate of drug-likeness (QED) is 0.719. The summed E-state index contributed by atoms with van der Waals surface area (Å²) in [7, 11) is 0. The largest absolute Gasteiger partial charge is 0.490 e. The maximum atomic E-state index is 11.1. The van der Waals surface area contributed by atoms with Gasteiger partial charge in [-0.1, -0.05) is 13.0 Å². The van der Waals surface area contributed by atoms with E-state index in [4.69, 9.17) is 14.2 Å². The van der Waals surface area contributed by atoms with Gasteiger partial charge in [-0.05, 0) is 37.5 Å². The summed E-state index contributed by atoms with van der Waals surface area (Å²) in [5.74, 6) is 1.75. The van der Waals surface area contributed by atoms with Crippen LogP contribution in [0.5, 0.6) is 11.5 Å². The van der Waals surface area contributed by atoms with Crippen LogP contribution in [-0.2, 0) is 16.0 Å². The van der Waals surface area contributed by atoms with E-state index in [1.54, 1.807) is 0 Å². The summed E-state index contributed by atoms with van der Waals surface area (Å²) in [6.45, 7) is 5.85. The Morgan fingerprint density at radius 2 is 2.10 bits per heavy atom. The zero-order valence-corrected chi connectivity index (χ0v) is 12.2. The molecular weight excluding hydrogens is 256 g/mol. The first kappa shape index (κ1) is 14.7. The van der Waals surface area contributed by atoms with E-state index in [1.165, 1.54) is 0 Å². The predicted octanol–water partition coefficient (Wildman–Crippen LogP) is 2.98. The second kappa shape index (κ2) is 7.17. The lowest BCUT2D eigenvalue weighted by molar-refractivity contribution is -0.137. The van der Waals surface area contributed by atoms with E-state index in [-0.39, 0.29) is 11.9 Å². The summed E-state index contributed by atoms with van der Waals surface area (Å²) >= 11 is 0. The molecule has 1 fully saturated rings. The average Bonchev–Trinajstić information content (AvgIpc) is 2.84. The lowest BCUT2D eigenvalue weighted by atomic mass is 9.98. The molecule has 0 N–H and O–H groups in total. The fraction of sp³-hybridized carbons (Fsp3) is 0.562. The number of rotatable bonds is 7. The smallest absolute Gasteiger partial charge is 0.306 e. The monoisotopic (exact) mass is 278 g/mol. The van der Waals surface area contributed by atoms with E-state index >= 15 is 0 Å². The Kier molecular flexibility index (Phi) is 5.27. The van der Waals surface area contributed by atoms with E-state index < -0.39 is 0 Å². The van der Waals surface area contributed by atoms with Crippen LogP contribution in [-0.4, -0.2) is 25.8 Å². The Balaban J connectivity index is 2.07. The van der Waals surface area contributed by atoms with Crippen molar-refractivity contribution in [3.8, 4) is 11.5 Å². The summed E-state index contributed by atoms with van der Waals surface area (Å²) in [6, 6.07) is 6.00. The molecule has 1 heterocycles. The van der Waals surface area contributed by atoms with Crippen LogP contribution in [0.1, 0.15) is 32.3 Å². The van der Waals surface area contributed by atoms with Crippen molar-refractivity contribution in [2.75, 3.05) is 19.8 Å². The lowest BCUT2D eigenvalue weighted by Crippen LogP contribution is -2.05. The van der Waals surface area contributed by atoms with Gasteiger partial charge in [0.05, 0.1) is 26.2 Å². The molecule has 1 aromatic rings. The van der Waals surface area contributed by atoms with Gasteiger partial charge in [0.25, 0.3) is 0 Å². The van der Waals surface area contributed by atoms with Crippen molar-refractivity contribution in [1.82, 2.24) is 0 Å². The zero-order chi connectivity index (χ0) is 14.4. The molecule has 0 spiro atoms. The lowest BCUT2D eigenvalue weighted by Gasteiger charge is -2.14. The van der Waals surface area contributed by atoms with Gasteiger partial charge in [-0.15, -0.1) is 0 Å². The van der Waals surface area contributed by atoms with Crippen molar-refractivity contribution in [2.45, 2.75) is 33.1 Å². The molecule has 1 aliphatic heterocycles. The minimum absolute atomic E-state index is 0.0941. The third-order valence-electron chi connectivity index (χ3n) is 3.23. The predicted molar refractivity (Wildman–Crippen MR) is 76.2 cm³/mol. The van der Waals surface area contributed by atoms with Crippen LogP contribution in [0, 0.1) is 5.92 Å². The van der Waals surface area contributed by atoms with Gasteiger partial charge in [-0.3, -0.25) is 4.79 Å². The van der Waals surface area contributed by atoms with Crippen LogP contribution < -0.4 is 9.47 Å². The molecule has 0 radical (unpaired) electrons. The zero-order valence-electron chi connectivity index (χ0n) is 12.2. The van der Waals surface area contributed by atoms with Gasteiger partial charge < -0.3 is 14.2 Å². The number of hydrogen-bond acceptors (Lipinski definition) is 4. The van der Waals surface area contributed by atoms with E-state index in [2.05, 4.69) is 6.92 Å². The van der Waals surface area contributed by atoms with Crippen LogP contribution in [0.3, 0.4) is 0 Å². The first-order valence-electron chi connectivity index (χ1n) is 7.27. The third-order valence-corrected chi connectivity index (χ3v) is 3.23. The van der Waals surface area contributed by atoms with Gasteiger partial charge in [-0.2, -0.15) is 0 Å². The molecular formula is C16H22O4. The molecule has 2 rings (SSSR count). The summed E-state index contributed by atoms with van der Waals surface area (Å²) in [6.07, 6.45) is 2.31. The molecule has 4 heteroatoms. The molecule has 0 saturated carbocycles. The standard InChI is InChI=1S/C16H22O4/c1-3-7-19-15-9-12(5-6-14(15)18-4-2)8-13-10-16(17)20-11-13/h5-6,9,13H,3-4,7-8,10-11H2,1-2H3/t13-/m1/s1. The summed E-state index contributed by atoms with van der Waals surface area (Å²) < 4.78 is 16.3. The summed E-state index contributed by atoms with van der Waals surface area (Å²) in [4.78, 5) is 11.1. The molecule has 1 aliphatic rings. The highest BCUT2D eigenvalue weighted by atomic mass is 16.5. The first-order valence-corrected chi connectivity index (χ1v) is 7.27. The minimum Gasteiger partial charge on any atom is -0.490 e.